The van der Waals surface area contributed by atoms with Crippen molar-refractivity contribution in [1.29, 1.82) is 0 Å². The number of likely N-dealkylation sites (tertiary alicyclic amines) is 1. The average molecular weight is 366 g/mol. The predicted octanol–water partition coefficient (Wildman–Crippen LogP) is 6.74. The van der Waals surface area contributed by atoms with Crippen molar-refractivity contribution < 1.29 is 0 Å². The number of benzene rings is 1. The Morgan fingerprint density at radius 2 is 1.56 bits per heavy atom. The van der Waals surface area contributed by atoms with E-state index in [9.17, 15) is 0 Å². The molecule has 0 radical (unpaired) electrons. The second-order valence-electron chi connectivity index (χ2n) is 11.4. The van der Waals surface area contributed by atoms with Crippen molar-refractivity contribution in [3.63, 3.8) is 0 Å². The minimum Gasteiger partial charge on any atom is -0.299 e. The number of nitrogens with zero attached hydrogens (tertiary/aromatic N) is 1. The first-order chi connectivity index (χ1) is 12.9. The third-order valence-corrected chi connectivity index (χ3v) is 9.27. The predicted molar refractivity (Wildman–Crippen MR) is 114 cm³/mol. The molecule has 0 N–H and O–H groups in total. The molecule has 27 heavy (non-hydrogen) atoms. The molecule has 1 aliphatic heterocycles. The largest absolute Gasteiger partial charge is 0.299 e. The second kappa shape index (κ2) is 6.34. The Bertz CT molecular complexity index is 688. The third kappa shape index (κ3) is 2.60. The summed E-state index contributed by atoms with van der Waals surface area (Å²) in [6.45, 7) is 7.38. The van der Waals surface area contributed by atoms with Crippen LogP contribution < -0.4 is 0 Å². The maximum Gasteiger partial charge on any atom is 0.0238 e. The van der Waals surface area contributed by atoms with Crippen molar-refractivity contribution in [3.05, 3.63) is 35.4 Å². The van der Waals surface area contributed by atoms with Gasteiger partial charge in [0, 0.05) is 23.9 Å². The summed E-state index contributed by atoms with van der Waals surface area (Å²) >= 11 is 0. The van der Waals surface area contributed by atoms with Gasteiger partial charge in [-0.15, -0.1) is 0 Å². The van der Waals surface area contributed by atoms with E-state index in [-0.39, 0.29) is 0 Å². The van der Waals surface area contributed by atoms with Gasteiger partial charge in [-0.05, 0) is 73.4 Å². The van der Waals surface area contributed by atoms with E-state index in [0.717, 1.165) is 29.8 Å². The molecule has 0 spiro atoms. The Hall–Kier alpha value is -0.820. The summed E-state index contributed by atoms with van der Waals surface area (Å²) in [6, 6.07) is 11.1. The van der Waals surface area contributed by atoms with E-state index in [0.29, 0.717) is 10.8 Å². The molecule has 2 saturated carbocycles. The van der Waals surface area contributed by atoms with Crippen LogP contribution in [0.5, 0.6) is 0 Å². The van der Waals surface area contributed by atoms with Crippen LogP contribution in [-0.2, 0) is 0 Å². The molecule has 4 unspecified atom stereocenters. The second-order valence-corrected chi connectivity index (χ2v) is 11.4. The topological polar surface area (TPSA) is 3.24 Å². The minimum atomic E-state index is 0.374. The summed E-state index contributed by atoms with van der Waals surface area (Å²) in [5.41, 5.74) is 4.45. The van der Waals surface area contributed by atoms with E-state index in [1.807, 2.05) is 0 Å². The highest BCUT2D eigenvalue weighted by atomic mass is 15.2. The molecule has 1 heteroatoms. The van der Waals surface area contributed by atoms with E-state index in [2.05, 4.69) is 57.0 Å². The molecule has 1 nitrogen and oxygen atoms in total. The Kier molecular flexibility index (Phi) is 4.28. The highest BCUT2D eigenvalue weighted by Crippen LogP contribution is 2.67. The average Bonchev–Trinajstić information content (AvgIpc) is 3.22. The fourth-order valence-electron chi connectivity index (χ4n) is 8.08. The molecular weight excluding hydrogens is 326 g/mol. The zero-order valence-electron chi connectivity index (χ0n) is 18.0. The number of hydrogen-bond acceptors (Lipinski definition) is 1. The number of fused-ring (bicyclic) bond motifs is 3. The van der Waals surface area contributed by atoms with Crippen LogP contribution in [0.15, 0.2) is 24.3 Å². The summed E-state index contributed by atoms with van der Waals surface area (Å²) in [6.07, 6.45) is 13.2. The van der Waals surface area contributed by atoms with Gasteiger partial charge in [-0.25, -0.2) is 0 Å². The van der Waals surface area contributed by atoms with Crippen LogP contribution in [0.3, 0.4) is 0 Å². The lowest BCUT2D eigenvalue weighted by atomic mass is 9.51. The van der Waals surface area contributed by atoms with Crippen molar-refractivity contribution in [3.8, 4) is 0 Å². The molecule has 1 aromatic carbocycles. The fraction of sp³-hybridized carbons (Fsp3) is 0.769. The van der Waals surface area contributed by atoms with Crippen molar-refractivity contribution >= 4 is 0 Å². The van der Waals surface area contributed by atoms with E-state index in [1.54, 1.807) is 11.1 Å². The van der Waals surface area contributed by atoms with Crippen LogP contribution in [0.2, 0.25) is 0 Å². The monoisotopic (exact) mass is 365 g/mol. The summed E-state index contributed by atoms with van der Waals surface area (Å²) in [5.74, 6) is 2.55. The van der Waals surface area contributed by atoms with E-state index in [4.69, 9.17) is 0 Å². The molecule has 148 valence electrons. The Balaban J connectivity index is 1.59. The van der Waals surface area contributed by atoms with Gasteiger partial charge in [-0.3, -0.25) is 4.90 Å². The lowest BCUT2D eigenvalue weighted by Gasteiger charge is -2.57. The first kappa shape index (κ1) is 18.2. The van der Waals surface area contributed by atoms with E-state index >= 15 is 0 Å². The van der Waals surface area contributed by atoms with E-state index in [1.165, 1.54) is 57.8 Å². The van der Waals surface area contributed by atoms with Crippen molar-refractivity contribution in [2.75, 3.05) is 7.05 Å². The fourth-order valence-corrected chi connectivity index (χ4v) is 8.08. The maximum atomic E-state index is 2.87. The van der Waals surface area contributed by atoms with Crippen LogP contribution in [0.25, 0.3) is 0 Å². The van der Waals surface area contributed by atoms with Crippen LogP contribution in [-0.4, -0.2) is 24.0 Å². The van der Waals surface area contributed by atoms with Gasteiger partial charge >= 0.3 is 0 Å². The molecule has 0 amide bonds. The number of rotatable bonds is 2. The van der Waals surface area contributed by atoms with Crippen molar-refractivity contribution in [2.24, 2.45) is 16.7 Å². The molecule has 4 atom stereocenters. The molecular formula is C26H39N. The lowest BCUT2D eigenvalue weighted by Crippen LogP contribution is -2.57. The molecule has 0 bridgehead atoms. The Morgan fingerprint density at radius 1 is 0.889 bits per heavy atom. The first-order valence-corrected chi connectivity index (χ1v) is 11.7. The lowest BCUT2D eigenvalue weighted by molar-refractivity contribution is -0.0498. The summed E-state index contributed by atoms with van der Waals surface area (Å²) in [7, 11) is 2.48. The third-order valence-electron chi connectivity index (χ3n) is 9.27. The van der Waals surface area contributed by atoms with E-state index < -0.39 is 0 Å². The molecule has 3 fully saturated rings. The standard InChI is InChI=1S/C26H39N/c1-25(2,3)22-15-14-21-19-12-7-8-13-20(19)23(24(21)27(22)4)26(16-9-17-26)18-10-5-6-11-18/h7-8,12-13,18,21-24H,5-6,9-11,14-17H2,1-4H3. The molecule has 0 aromatic heterocycles. The Labute approximate surface area is 166 Å². The highest BCUT2D eigenvalue weighted by Gasteiger charge is 2.59. The SMILES string of the molecule is CN1C2C(CCC1C(C)(C)C)c1ccccc1C2C1(C2CCCC2)CCC1. The number of likely N-dealkylation sites (N-methyl/N-ethyl adjacent to an activating group) is 1. The molecule has 3 aliphatic carbocycles. The van der Waals surface area contributed by atoms with Crippen molar-refractivity contribution in [2.45, 2.75) is 102 Å². The highest BCUT2D eigenvalue weighted by molar-refractivity contribution is 5.45. The minimum absolute atomic E-state index is 0.374. The normalized spacial score (nSPS) is 36.3. The smallest absolute Gasteiger partial charge is 0.0238 e. The van der Waals surface area contributed by atoms with Gasteiger partial charge in [0.2, 0.25) is 0 Å². The summed E-state index contributed by atoms with van der Waals surface area (Å²) in [5, 5.41) is 0. The molecule has 1 saturated heterocycles. The molecule has 1 heterocycles. The molecule has 4 aliphatic rings. The Morgan fingerprint density at radius 3 is 2.15 bits per heavy atom. The van der Waals surface area contributed by atoms with Gasteiger partial charge in [0.1, 0.15) is 0 Å². The van der Waals surface area contributed by atoms with Crippen molar-refractivity contribution in [1.82, 2.24) is 4.90 Å². The van der Waals surface area contributed by atoms with Gasteiger partial charge in [-0.2, -0.15) is 0 Å². The number of piperidine rings is 1. The maximum absolute atomic E-state index is 2.87. The molecule has 5 rings (SSSR count). The van der Waals surface area contributed by atoms with Crippen LogP contribution in [0.1, 0.15) is 102 Å². The van der Waals surface area contributed by atoms with Crippen LogP contribution in [0.4, 0.5) is 0 Å². The zero-order valence-corrected chi connectivity index (χ0v) is 18.0. The quantitative estimate of drug-likeness (QED) is 0.561. The van der Waals surface area contributed by atoms with Gasteiger partial charge < -0.3 is 0 Å². The van der Waals surface area contributed by atoms with Crippen LogP contribution in [0, 0.1) is 16.7 Å². The zero-order chi connectivity index (χ0) is 18.8. The van der Waals surface area contributed by atoms with Gasteiger partial charge in [0.05, 0.1) is 0 Å². The molecule has 1 aromatic rings. The summed E-state index contributed by atoms with van der Waals surface area (Å²) < 4.78 is 0. The van der Waals surface area contributed by atoms with Gasteiger partial charge in [0.15, 0.2) is 0 Å². The van der Waals surface area contributed by atoms with Gasteiger partial charge in [0.25, 0.3) is 0 Å². The summed E-state index contributed by atoms with van der Waals surface area (Å²) in [4.78, 5) is 2.87. The van der Waals surface area contributed by atoms with Gasteiger partial charge in [-0.1, -0.05) is 64.3 Å². The first-order valence-electron chi connectivity index (χ1n) is 11.7. The number of hydrogen-bond donors (Lipinski definition) is 0. The van der Waals surface area contributed by atoms with Crippen LogP contribution >= 0.6 is 0 Å².